The van der Waals surface area contributed by atoms with Gasteiger partial charge in [0.15, 0.2) is 0 Å². The molecule has 3 rings (SSSR count). The van der Waals surface area contributed by atoms with Crippen LogP contribution < -0.4 is 5.17 Å². The van der Waals surface area contributed by atoms with Crippen LogP contribution in [0.2, 0.25) is 0 Å². The lowest BCUT2D eigenvalue weighted by molar-refractivity contribution is 0.0448. The van der Waals surface area contributed by atoms with E-state index in [1.165, 1.54) is 11.6 Å². The van der Waals surface area contributed by atoms with Crippen LogP contribution in [0.1, 0.15) is 58.6 Å². The molecule has 0 spiro atoms. The molecule has 2 N–H and O–H groups in total. The zero-order chi connectivity index (χ0) is 16.1. The third kappa shape index (κ3) is 2.87. The van der Waals surface area contributed by atoms with Crippen LogP contribution in [0.5, 0.6) is 0 Å². The van der Waals surface area contributed by atoms with Crippen molar-refractivity contribution < 1.29 is 10.3 Å². The first kappa shape index (κ1) is 15.8. The van der Waals surface area contributed by atoms with Crippen molar-refractivity contribution in [2.75, 3.05) is 11.7 Å². The minimum absolute atomic E-state index is 0.285. The maximum Gasteiger partial charge on any atom is 0.0823 e. The van der Waals surface area contributed by atoms with Gasteiger partial charge in [-0.25, -0.2) is 0 Å². The first-order valence-corrected chi connectivity index (χ1v) is 8.23. The predicted octanol–water partition coefficient (Wildman–Crippen LogP) is 3.75. The van der Waals surface area contributed by atoms with E-state index in [4.69, 9.17) is 0 Å². The van der Waals surface area contributed by atoms with E-state index in [1.807, 2.05) is 24.3 Å². The Labute approximate surface area is 133 Å². The SMILES string of the molecule is CC(O)c1ccc(N(O)N2CC3(C)CC2CC(C)(C)C3)cc1. The van der Waals surface area contributed by atoms with Crippen molar-refractivity contribution in [3.63, 3.8) is 0 Å². The van der Waals surface area contributed by atoms with Gasteiger partial charge in [0, 0.05) is 12.6 Å². The van der Waals surface area contributed by atoms with Gasteiger partial charge in [0.2, 0.25) is 0 Å². The molecule has 122 valence electrons. The Bertz CT molecular complexity index is 541. The zero-order valence-electron chi connectivity index (χ0n) is 14.1. The van der Waals surface area contributed by atoms with Crippen molar-refractivity contribution >= 4 is 5.69 Å². The van der Waals surface area contributed by atoms with Crippen LogP contribution >= 0.6 is 0 Å². The van der Waals surface area contributed by atoms with E-state index in [9.17, 15) is 10.3 Å². The Balaban J connectivity index is 1.79. The average Bonchev–Trinajstić information content (AvgIpc) is 2.67. The number of anilines is 1. The van der Waals surface area contributed by atoms with Gasteiger partial charge < -0.3 is 5.11 Å². The summed E-state index contributed by atoms with van der Waals surface area (Å²) in [6, 6.07) is 7.89. The van der Waals surface area contributed by atoms with Crippen LogP contribution in [-0.4, -0.2) is 27.9 Å². The lowest BCUT2D eigenvalue weighted by Crippen LogP contribution is -2.44. The summed E-state index contributed by atoms with van der Waals surface area (Å²) in [5.41, 5.74) is 2.25. The van der Waals surface area contributed by atoms with Gasteiger partial charge in [0.05, 0.1) is 11.8 Å². The van der Waals surface area contributed by atoms with E-state index in [-0.39, 0.29) is 5.41 Å². The molecule has 2 bridgehead atoms. The van der Waals surface area contributed by atoms with Gasteiger partial charge >= 0.3 is 0 Å². The molecule has 3 atom stereocenters. The number of hydrogen-bond acceptors (Lipinski definition) is 4. The molecule has 0 radical (unpaired) electrons. The Morgan fingerprint density at radius 1 is 1.18 bits per heavy atom. The van der Waals surface area contributed by atoms with Crippen LogP contribution in [0, 0.1) is 10.8 Å². The molecule has 0 aromatic heterocycles. The van der Waals surface area contributed by atoms with Gasteiger partial charge in [-0.15, -0.1) is 0 Å². The standard InChI is InChI=1S/C18H28N2O2/c1-13(21)14-5-7-15(8-6-14)20(22)19-12-18(4)10-16(19)9-17(2,3)11-18/h5-8,13,16,21-22H,9-12H2,1-4H3. The smallest absolute Gasteiger partial charge is 0.0823 e. The molecule has 22 heavy (non-hydrogen) atoms. The molecule has 1 aromatic carbocycles. The van der Waals surface area contributed by atoms with Crippen LogP contribution in [0.3, 0.4) is 0 Å². The molecule has 2 fully saturated rings. The number of nitrogens with zero attached hydrogens (tertiary/aromatic N) is 2. The lowest BCUT2D eigenvalue weighted by atomic mass is 9.65. The molecule has 1 saturated heterocycles. The maximum absolute atomic E-state index is 10.7. The number of benzene rings is 1. The summed E-state index contributed by atoms with van der Waals surface area (Å²) < 4.78 is 0. The van der Waals surface area contributed by atoms with Gasteiger partial charge in [0.1, 0.15) is 0 Å². The van der Waals surface area contributed by atoms with Crippen LogP contribution in [-0.2, 0) is 0 Å². The van der Waals surface area contributed by atoms with Crippen LogP contribution in [0.4, 0.5) is 5.69 Å². The van der Waals surface area contributed by atoms with Crippen molar-refractivity contribution in [3.05, 3.63) is 29.8 Å². The molecule has 1 aromatic rings. The van der Waals surface area contributed by atoms with Crippen molar-refractivity contribution in [1.29, 1.82) is 0 Å². The molecule has 1 heterocycles. The first-order chi connectivity index (χ1) is 10.2. The fourth-order valence-corrected chi connectivity index (χ4v) is 4.69. The summed E-state index contributed by atoms with van der Waals surface area (Å²) >= 11 is 0. The summed E-state index contributed by atoms with van der Waals surface area (Å²) in [5, 5.41) is 23.7. The van der Waals surface area contributed by atoms with Gasteiger partial charge in [-0.1, -0.05) is 32.9 Å². The minimum Gasteiger partial charge on any atom is -0.389 e. The Morgan fingerprint density at radius 2 is 1.82 bits per heavy atom. The third-order valence-corrected chi connectivity index (χ3v) is 5.24. The van der Waals surface area contributed by atoms with E-state index >= 15 is 0 Å². The topological polar surface area (TPSA) is 46.9 Å². The number of rotatable bonds is 3. The monoisotopic (exact) mass is 304 g/mol. The van der Waals surface area contributed by atoms with Gasteiger partial charge in [-0.2, -0.15) is 10.2 Å². The minimum atomic E-state index is -0.480. The summed E-state index contributed by atoms with van der Waals surface area (Å²) in [5.74, 6) is 0. The Kier molecular flexibility index (Phi) is 3.75. The van der Waals surface area contributed by atoms with Crippen molar-refractivity contribution in [1.82, 2.24) is 5.01 Å². The largest absolute Gasteiger partial charge is 0.389 e. The highest BCUT2D eigenvalue weighted by atomic mass is 16.6. The normalized spacial score (nSPS) is 32.0. The van der Waals surface area contributed by atoms with Gasteiger partial charge in [-0.3, -0.25) is 5.21 Å². The zero-order valence-corrected chi connectivity index (χ0v) is 14.1. The molecule has 1 saturated carbocycles. The van der Waals surface area contributed by atoms with Gasteiger partial charge in [-0.05, 0) is 54.7 Å². The van der Waals surface area contributed by atoms with Crippen LogP contribution in [0.25, 0.3) is 0 Å². The molecule has 4 heteroatoms. The molecule has 0 amide bonds. The number of hydrazine groups is 1. The lowest BCUT2D eigenvalue weighted by Gasteiger charge is -2.40. The van der Waals surface area contributed by atoms with E-state index < -0.39 is 6.10 Å². The molecule has 1 aliphatic heterocycles. The number of aliphatic hydroxyl groups excluding tert-OH is 1. The van der Waals surface area contributed by atoms with Crippen LogP contribution in [0.15, 0.2) is 24.3 Å². The van der Waals surface area contributed by atoms with Crippen molar-refractivity contribution in [2.24, 2.45) is 10.8 Å². The molecular weight excluding hydrogens is 276 g/mol. The number of fused-ring (bicyclic) bond motifs is 2. The second kappa shape index (κ2) is 5.22. The molecule has 2 aliphatic rings. The highest BCUT2D eigenvalue weighted by molar-refractivity contribution is 5.45. The predicted molar refractivity (Wildman–Crippen MR) is 87.6 cm³/mol. The van der Waals surface area contributed by atoms with E-state index in [2.05, 4.69) is 25.8 Å². The Hall–Kier alpha value is -1.10. The van der Waals surface area contributed by atoms with Gasteiger partial charge in [0.25, 0.3) is 0 Å². The maximum atomic E-state index is 10.7. The summed E-state index contributed by atoms with van der Waals surface area (Å²) in [6.45, 7) is 9.65. The van der Waals surface area contributed by atoms with E-state index in [0.717, 1.165) is 30.6 Å². The van der Waals surface area contributed by atoms with E-state index in [0.29, 0.717) is 11.5 Å². The molecular formula is C18H28N2O2. The first-order valence-electron chi connectivity index (χ1n) is 8.23. The third-order valence-electron chi connectivity index (χ3n) is 5.24. The Morgan fingerprint density at radius 3 is 2.41 bits per heavy atom. The second-order valence-electron chi connectivity index (χ2n) is 8.37. The van der Waals surface area contributed by atoms with Crippen molar-refractivity contribution in [2.45, 2.75) is 59.1 Å². The fourth-order valence-electron chi connectivity index (χ4n) is 4.69. The highest BCUT2D eigenvalue weighted by Crippen LogP contribution is 2.52. The quantitative estimate of drug-likeness (QED) is 0.835. The number of aliphatic hydroxyl groups is 1. The summed E-state index contributed by atoms with van der Waals surface area (Å²) in [7, 11) is 0. The molecule has 4 nitrogen and oxygen atoms in total. The fraction of sp³-hybridized carbons (Fsp3) is 0.667. The molecule has 1 aliphatic carbocycles. The molecule has 3 unspecified atom stereocenters. The number of hydrogen-bond donors (Lipinski definition) is 2. The summed E-state index contributed by atoms with van der Waals surface area (Å²) in [6.07, 6.45) is 3.00. The second-order valence-corrected chi connectivity index (χ2v) is 8.37. The summed E-state index contributed by atoms with van der Waals surface area (Å²) in [4.78, 5) is 0. The van der Waals surface area contributed by atoms with E-state index in [1.54, 1.807) is 6.92 Å². The van der Waals surface area contributed by atoms with Crippen molar-refractivity contribution in [3.8, 4) is 0 Å². The highest BCUT2D eigenvalue weighted by Gasteiger charge is 2.51. The average molecular weight is 304 g/mol.